The molecule has 0 aliphatic rings. The molecule has 0 aromatic heterocycles. The molecule has 1 N–H and O–H groups in total. The molecule has 1 atom stereocenters. The Balaban J connectivity index is 1.91. The standard InChI is InChI=1S/C27H28Cl2N2O3/c1-3-30-27(33)25(16-20-9-5-4-6-10-20)31(17-21-12-13-23(28)24(29)15-21)26(32)18-34-22-11-7-8-19(2)14-22/h4-15,25H,3,16-18H2,1-2H3,(H,30,33)/t25-/m1/s1. The van der Waals surface area contributed by atoms with Gasteiger partial charge in [0.2, 0.25) is 5.91 Å². The Hall–Kier alpha value is -3.02. The van der Waals surface area contributed by atoms with Gasteiger partial charge in [0.15, 0.2) is 6.61 Å². The average molecular weight is 499 g/mol. The van der Waals surface area contributed by atoms with Crippen LogP contribution < -0.4 is 10.1 Å². The summed E-state index contributed by atoms with van der Waals surface area (Å²) in [6.07, 6.45) is 0.365. The molecule has 3 rings (SSSR count). The van der Waals surface area contributed by atoms with Gasteiger partial charge in [-0.2, -0.15) is 0 Å². The summed E-state index contributed by atoms with van der Waals surface area (Å²) in [5, 5.41) is 3.68. The fraction of sp³-hybridized carbons (Fsp3) is 0.259. The Bertz CT molecular complexity index is 1120. The van der Waals surface area contributed by atoms with E-state index in [2.05, 4.69) is 5.32 Å². The SMILES string of the molecule is CCNC(=O)[C@@H](Cc1ccccc1)N(Cc1ccc(Cl)c(Cl)c1)C(=O)COc1cccc(C)c1. The molecular formula is C27H28Cl2N2O3. The lowest BCUT2D eigenvalue weighted by atomic mass is 10.0. The highest BCUT2D eigenvalue weighted by Gasteiger charge is 2.30. The highest BCUT2D eigenvalue weighted by molar-refractivity contribution is 6.42. The lowest BCUT2D eigenvalue weighted by molar-refractivity contribution is -0.142. The Labute approximate surface area is 210 Å². The van der Waals surface area contributed by atoms with E-state index in [0.29, 0.717) is 28.8 Å². The number of hydrogen-bond acceptors (Lipinski definition) is 3. The summed E-state index contributed by atoms with van der Waals surface area (Å²) in [5.41, 5.74) is 2.74. The van der Waals surface area contributed by atoms with Gasteiger partial charge in [-0.05, 0) is 54.8 Å². The van der Waals surface area contributed by atoms with Gasteiger partial charge >= 0.3 is 0 Å². The summed E-state index contributed by atoms with van der Waals surface area (Å²) in [6.45, 7) is 4.25. The van der Waals surface area contributed by atoms with Crippen molar-refractivity contribution in [3.05, 3.63) is 99.5 Å². The summed E-state index contributed by atoms with van der Waals surface area (Å²) < 4.78 is 5.78. The predicted octanol–water partition coefficient (Wildman–Crippen LogP) is 5.46. The highest BCUT2D eigenvalue weighted by atomic mass is 35.5. The molecule has 0 radical (unpaired) electrons. The fourth-order valence-corrected chi connectivity index (χ4v) is 3.93. The largest absolute Gasteiger partial charge is 0.484 e. The van der Waals surface area contributed by atoms with E-state index < -0.39 is 6.04 Å². The van der Waals surface area contributed by atoms with Gasteiger partial charge in [0.25, 0.3) is 5.91 Å². The van der Waals surface area contributed by atoms with Crippen molar-refractivity contribution in [2.75, 3.05) is 13.2 Å². The lowest BCUT2D eigenvalue weighted by Gasteiger charge is -2.31. The molecule has 0 aliphatic carbocycles. The highest BCUT2D eigenvalue weighted by Crippen LogP contribution is 2.24. The van der Waals surface area contributed by atoms with Gasteiger partial charge in [-0.1, -0.05) is 71.7 Å². The van der Waals surface area contributed by atoms with Crippen molar-refractivity contribution in [1.82, 2.24) is 10.2 Å². The Morgan fingerprint density at radius 3 is 2.38 bits per heavy atom. The van der Waals surface area contributed by atoms with Crippen LogP contribution in [0.4, 0.5) is 0 Å². The number of carbonyl (C=O) groups excluding carboxylic acids is 2. The summed E-state index contributed by atoms with van der Waals surface area (Å²) in [5.74, 6) is 0.0653. The number of nitrogens with one attached hydrogen (secondary N) is 1. The first-order chi connectivity index (χ1) is 16.4. The van der Waals surface area contributed by atoms with Crippen LogP contribution in [0.5, 0.6) is 5.75 Å². The second-order valence-corrected chi connectivity index (χ2v) is 8.79. The van der Waals surface area contributed by atoms with E-state index >= 15 is 0 Å². The van der Waals surface area contributed by atoms with Gasteiger partial charge in [0, 0.05) is 19.5 Å². The van der Waals surface area contributed by atoms with Crippen LogP contribution in [0.3, 0.4) is 0 Å². The van der Waals surface area contributed by atoms with Crippen LogP contribution in [0.1, 0.15) is 23.6 Å². The third-order valence-electron chi connectivity index (χ3n) is 5.31. The first-order valence-corrected chi connectivity index (χ1v) is 11.9. The number of halogens is 2. The molecule has 0 bridgehead atoms. The third-order valence-corrected chi connectivity index (χ3v) is 6.05. The van der Waals surface area contributed by atoms with Crippen molar-refractivity contribution in [3.8, 4) is 5.75 Å². The molecule has 3 aromatic rings. The van der Waals surface area contributed by atoms with Crippen LogP contribution in [0, 0.1) is 6.92 Å². The van der Waals surface area contributed by atoms with Gasteiger partial charge in [-0.25, -0.2) is 0 Å². The van der Waals surface area contributed by atoms with E-state index in [0.717, 1.165) is 16.7 Å². The van der Waals surface area contributed by atoms with E-state index in [-0.39, 0.29) is 25.0 Å². The maximum atomic E-state index is 13.5. The molecule has 0 saturated heterocycles. The predicted molar refractivity (Wildman–Crippen MR) is 136 cm³/mol. The maximum absolute atomic E-state index is 13.5. The minimum absolute atomic E-state index is 0.182. The minimum Gasteiger partial charge on any atom is -0.484 e. The first-order valence-electron chi connectivity index (χ1n) is 11.1. The van der Waals surface area contributed by atoms with Crippen LogP contribution in [0.15, 0.2) is 72.8 Å². The van der Waals surface area contributed by atoms with Crippen LogP contribution in [0.25, 0.3) is 0 Å². The molecule has 0 unspecified atom stereocenters. The molecule has 0 spiro atoms. The van der Waals surface area contributed by atoms with Gasteiger partial charge < -0.3 is 15.0 Å². The average Bonchev–Trinajstić information content (AvgIpc) is 2.83. The number of benzene rings is 3. The van der Waals surface area contributed by atoms with Crippen molar-refractivity contribution >= 4 is 35.0 Å². The van der Waals surface area contributed by atoms with Gasteiger partial charge in [-0.3, -0.25) is 9.59 Å². The molecule has 0 saturated carbocycles. The Kier molecular flexibility index (Phi) is 9.37. The van der Waals surface area contributed by atoms with Crippen LogP contribution >= 0.6 is 23.2 Å². The summed E-state index contributed by atoms with van der Waals surface area (Å²) >= 11 is 12.3. The molecular weight excluding hydrogens is 471 g/mol. The Morgan fingerprint density at radius 2 is 1.71 bits per heavy atom. The number of amides is 2. The van der Waals surface area contributed by atoms with Crippen molar-refractivity contribution in [2.45, 2.75) is 32.9 Å². The molecule has 7 heteroatoms. The summed E-state index contributed by atoms with van der Waals surface area (Å²) in [4.78, 5) is 28.1. The first kappa shape index (κ1) is 25.6. The maximum Gasteiger partial charge on any atom is 0.261 e. The molecule has 5 nitrogen and oxygen atoms in total. The molecule has 2 amide bonds. The quantitative estimate of drug-likeness (QED) is 0.403. The normalized spacial score (nSPS) is 11.5. The molecule has 34 heavy (non-hydrogen) atoms. The molecule has 178 valence electrons. The second-order valence-electron chi connectivity index (χ2n) is 7.98. The summed E-state index contributed by atoms with van der Waals surface area (Å²) in [7, 11) is 0. The molecule has 0 fully saturated rings. The topological polar surface area (TPSA) is 58.6 Å². The van der Waals surface area contributed by atoms with Crippen molar-refractivity contribution in [2.24, 2.45) is 0 Å². The van der Waals surface area contributed by atoms with Crippen molar-refractivity contribution < 1.29 is 14.3 Å². The zero-order valence-electron chi connectivity index (χ0n) is 19.3. The van der Waals surface area contributed by atoms with Gasteiger partial charge in [0.05, 0.1) is 10.0 Å². The number of aryl methyl sites for hydroxylation is 1. The van der Waals surface area contributed by atoms with Crippen molar-refractivity contribution in [1.29, 1.82) is 0 Å². The zero-order valence-corrected chi connectivity index (χ0v) is 20.8. The minimum atomic E-state index is -0.731. The van der Waals surface area contributed by atoms with Gasteiger partial charge in [0.1, 0.15) is 11.8 Å². The number of hydrogen-bond donors (Lipinski definition) is 1. The number of rotatable bonds is 10. The van der Waals surface area contributed by atoms with Crippen LogP contribution in [-0.4, -0.2) is 35.9 Å². The van der Waals surface area contributed by atoms with Crippen molar-refractivity contribution in [3.63, 3.8) is 0 Å². The smallest absolute Gasteiger partial charge is 0.261 e. The van der Waals surface area contributed by atoms with E-state index in [9.17, 15) is 9.59 Å². The van der Waals surface area contributed by atoms with E-state index in [1.54, 1.807) is 29.2 Å². The number of nitrogens with zero attached hydrogens (tertiary/aromatic N) is 1. The molecule has 0 heterocycles. The number of carbonyl (C=O) groups is 2. The van der Waals surface area contributed by atoms with Crippen LogP contribution in [0.2, 0.25) is 10.0 Å². The number of likely N-dealkylation sites (N-methyl/N-ethyl adjacent to an activating group) is 1. The van der Waals surface area contributed by atoms with Crippen LogP contribution in [-0.2, 0) is 22.6 Å². The second kappa shape index (κ2) is 12.4. The van der Waals surface area contributed by atoms with E-state index in [1.165, 1.54) is 0 Å². The summed E-state index contributed by atoms with van der Waals surface area (Å²) in [6, 6.07) is 21.6. The molecule has 0 aliphatic heterocycles. The van der Waals surface area contributed by atoms with E-state index in [1.807, 2.05) is 62.4 Å². The monoisotopic (exact) mass is 498 g/mol. The van der Waals surface area contributed by atoms with E-state index in [4.69, 9.17) is 27.9 Å². The third kappa shape index (κ3) is 7.24. The number of ether oxygens (including phenoxy) is 1. The van der Waals surface area contributed by atoms with Gasteiger partial charge in [-0.15, -0.1) is 0 Å². The fourth-order valence-electron chi connectivity index (χ4n) is 3.61. The zero-order chi connectivity index (χ0) is 24.5. The lowest BCUT2D eigenvalue weighted by Crippen LogP contribution is -2.51. The Morgan fingerprint density at radius 1 is 0.941 bits per heavy atom. The molecule has 3 aromatic carbocycles.